The highest BCUT2D eigenvalue weighted by atomic mass is 35.5. The number of para-hydroxylation sites is 1. The van der Waals surface area contributed by atoms with Crippen molar-refractivity contribution in [3.8, 4) is 0 Å². The van der Waals surface area contributed by atoms with E-state index in [4.69, 9.17) is 23.2 Å². The molecule has 0 aromatic heterocycles. The Hall–Kier alpha value is -0.530. The van der Waals surface area contributed by atoms with Gasteiger partial charge in [-0.1, -0.05) is 56.1 Å². The van der Waals surface area contributed by atoms with Gasteiger partial charge in [0.25, 0.3) is 0 Å². The summed E-state index contributed by atoms with van der Waals surface area (Å²) in [7, 11) is 0. The number of halogens is 2. The zero-order chi connectivity index (χ0) is 10.8. The number of nitrogens with zero attached hydrogens (tertiary/aromatic N) is 1. The van der Waals surface area contributed by atoms with Gasteiger partial charge in [-0.25, -0.2) is 4.99 Å². The van der Waals surface area contributed by atoms with E-state index < -0.39 is 0 Å². The van der Waals surface area contributed by atoms with E-state index in [1.807, 2.05) is 39.0 Å². The molecule has 14 heavy (non-hydrogen) atoms. The molecular formula is C11H13Cl2N. The van der Waals surface area contributed by atoms with Gasteiger partial charge in [-0.15, -0.1) is 0 Å². The number of hydrogen-bond acceptors (Lipinski definition) is 1. The summed E-state index contributed by atoms with van der Waals surface area (Å²) in [5, 5.41) is 1.18. The zero-order valence-electron chi connectivity index (χ0n) is 8.51. The molecule has 0 aliphatic heterocycles. The van der Waals surface area contributed by atoms with Crippen molar-refractivity contribution in [2.45, 2.75) is 20.8 Å². The van der Waals surface area contributed by atoms with Crippen molar-refractivity contribution in [2.24, 2.45) is 10.4 Å². The molecule has 0 heterocycles. The van der Waals surface area contributed by atoms with Crippen LogP contribution in [0.15, 0.2) is 29.3 Å². The highest BCUT2D eigenvalue weighted by Gasteiger charge is 2.16. The lowest BCUT2D eigenvalue weighted by atomic mass is 9.99. The van der Waals surface area contributed by atoms with Crippen LogP contribution >= 0.6 is 23.2 Å². The maximum atomic E-state index is 6.05. The first-order chi connectivity index (χ1) is 6.41. The summed E-state index contributed by atoms with van der Waals surface area (Å²) in [5.41, 5.74) is 0.579. The van der Waals surface area contributed by atoms with Crippen molar-refractivity contribution >= 4 is 34.1 Å². The molecule has 0 saturated carbocycles. The monoisotopic (exact) mass is 229 g/mol. The number of aliphatic imine (C=N–C) groups is 1. The van der Waals surface area contributed by atoms with Crippen LogP contribution in [0.4, 0.5) is 5.69 Å². The number of benzene rings is 1. The minimum atomic E-state index is -0.138. The first kappa shape index (κ1) is 11.5. The molecule has 0 atom stereocenters. The molecule has 76 valence electrons. The Morgan fingerprint density at radius 2 is 1.79 bits per heavy atom. The van der Waals surface area contributed by atoms with E-state index in [2.05, 4.69) is 4.99 Å². The lowest BCUT2D eigenvalue weighted by Crippen LogP contribution is -2.13. The molecule has 1 aromatic carbocycles. The maximum absolute atomic E-state index is 6.05. The molecule has 0 N–H and O–H groups in total. The Morgan fingerprint density at radius 1 is 1.21 bits per heavy atom. The van der Waals surface area contributed by atoms with Crippen molar-refractivity contribution in [1.82, 2.24) is 0 Å². The van der Waals surface area contributed by atoms with Crippen molar-refractivity contribution in [3.63, 3.8) is 0 Å². The summed E-state index contributed by atoms with van der Waals surface area (Å²) in [5.74, 6) is 0. The molecule has 1 nitrogen and oxygen atoms in total. The van der Waals surface area contributed by atoms with Crippen LogP contribution < -0.4 is 0 Å². The van der Waals surface area contributed by atoms with Gasteiger partial charge in [-0.2, -0.15) is 0 Å². The Bertz CT molecular complexity index is 351. The van der Waals surface area contributed by atoms with E-state index >= 15 is 0 Å². The zero-order valence-corrected chi connectivity index (χ0v) is 10.0. The molecule has 0 fully saturated rings. The standard InChI is InChI=1S/C11H13Cl2N/c1-11(2,3)10(13)14-9-7-5-4-6-8(9)12/h4-7H,1-3H3. The predicted molar refractivity (Wildman–Crippen MR) is 63.9 cm³/mol. The molecule has 0 radical (unpaired) electrons. The Kier molecular flexibility index (Phi) is 3.57. The van der Waals surface area contributed by atoms with Crippen LogP contribution in [0.1, 0.15) is 20.8 Å². The molecule has 0 unspecified atom stereocenters. The van der Waals surface area contributed by atoms with Crippen molar-refractivity contribution in [1.29, 1.82) is 0 Å². The summed E-state index contributed by atoms with van der Waals surface area (Å²) >= 11 is 12.0. The van der Waals surface area contributed by atoms with Gasteiger partial charge in [0.2, 0.25) is 0 Å². The lowest BCUT2D eigenvalue weighted by molar-refractivity contribution is 0.601. The Balaban J connectivity index is 3.04. The van der Waals surface area contributed by atoms with E-state index in [9.17, 15) is 0 Å². The predicted octanol–water partition coefficient (Wildman–Crippen LogP) is 4.65. The maximum Gasteiger partial charge on any atom is 0.112 e. The lowest BCUT2D eigenvalue weighted by Gasteiger charge is -2.15. The van der Waals surface area contributed by atoms with Gasteiger partial charge in [-0.05, 0) is 12.1 Å². The number of rotatable bonds is 1. The molecule has 0 bridgehead atoms. The molecule has 0 aliphatic rings. The van der Waals surface area contributed by atoms with Gasteiger partial charge in [0.05, 0.1) is 10.7 Å². The molecule has 1 aromatic rings. The van der Waals surface area contributed by atoms with E-state index in [-0.39, 0.29) is 5.41 Å². The Labute approximate surface area is 94.8 Å². The third-order valence-corrected chi connectivity index (χ3v) is 2.66. The smallest absolute Gasteiger partial charge is 0.112 e. The molecule has 3 heteroatoms. The van der Waals surface area contributed by atoms with Gasteiger partial charge in [0.15, 0.2) is 0 Å². The average Bonchev–Trinajstić information content (AvgIpc) is 2.07. The largest absolute Gasteiger partial charge is 0.239 e. The number of hydrogen-bond donors (Lipinski definition) is 0. The Morgan fingerprint density at radius 3 is 2.29 bits per heavy atom. The summed E-state index contributed by atoms with van der Waals surface area (Å²) in [6.07, 6.45) is 0. The molecule has 0 saturated heterocycles. The van der Waals surface area contributed by atoms with E-state index in [0.717, 1.165) is 0 Å². The van der Waals surface area contributed by atoms with Gasteiger partial charge in [-0.3, -0.25) is 0 Å². The van der Waals surface area contributed by atoms with Gasteiger partial charge in [0, 0.05) is 5.41 Å². The third kappa shape index (κ3) is 3.00. The van der Waals surface area contributed by atoms with Gasteiger partial charge in [0.1, 0.15) is 5.17 Å². The van der Waals surface area contributed by atoms with Crippen LogP contribution in [0.2, 0.25) is 5.02 Å². The third-order valence-electron chi connectivity index (χ3n) is 1.69. The quantitative estimate of drug-likeness (QED) is 0.622. The fraction of sp³-hybridized carbons (Fsp3) is 0.364. The molecule has 1 rings (SSSR count). The first-order valence-corrected chi connectivity index (χ1v) is 5.16. The van der Waals surface area contributed by atoms with Gasteiger partial charge >= 0.3 is 0 Å². The summed E-state index contributed by atoms with van der Waals surface area (Å²) in [4.78, 5) is 4.28. The van der Waals surface area contributed by atoms with Crippen LogP contribution in [0.3, 0.4) is 0 Å². The second-order valence-electron chi connectivity index (χ2n) is 4.10. The molecule has 0 amide bonds. The highest BCUT2D eigenvalue weighted by molar-refractivity contribution is 6.66. The fourth-order valence-corrected chi connectivity index (χ4v) is 1.08. The highest BCUT2D eigenvalue weighted by Crippen LogP contribution is 2.28. The average molecular weight is 230 g/mol. The fourth-order valence-electron chi connectivity index (χ4n) is 0.816. The minimum absolute atomic E-state index is 0.138. The van der Waals surface area contributed by atoms with Crippen molar-refractivity contribution in [2.75, 3.05) is 0 Å². The normalized spacial score (nSPS) is 13.1. The van der Waals surface area contributed by atoms with Crippen molar-refractivity contribution in [3.05, 3.63) is 29.3 Å². The second-order valence-corrected chi connectivity index (χ2v) is 4.87. The summed E-state index contributed by atoms with van der Waals surface area (Å²) < 4.78 is 0. The first-order valence-electron chi connectivity index (χ1n) is 4.40. The van der Waals surface area contributed by atoms with E-state index in [1.165, 1.54) is 0 Å². The van der Waals surface area contributed by atoms with Crippen LogP contribution in [0, 0.1) is 5.41 Å². The van der Waals surface area contributed by atoms with E-state index in [0.29, 0.717) is 15.9 Å². The molecule has 0 spiro atoms. The van der Waals surface area contributed by atoms with Crippen LogP contribution in [-0.4, -0.2) is 5.17 Å². The topological polar surface area (TPSA) is 12.4 Å². The summed E-state index contributed by atoms with van der Waals surface area (Å²) in [6, 6.07) is 7.40. The summed E-state index contributed by atoms with van der Waals surface area (Å²) in [6.45, 7) is 6.03. The van der Waals surface area contributed by atoms with Crippen LogP contribution in [-0.2, 0) is 0 Å². The van der Waals surface area contributed by atoms with Crippen LogP contribution in [0.25, 0.3) is 0 Å². The van der Waals surface area contributed by atoms with Crippen LogP contribution in [0.5, 0.6) is 0 Å². The van der Waals surface area contributed by atoms with Crippen molar-refractivity contribution < 1.29 is 0 Å². The minimum Gasteiger partial charge on any atom is -0.239 e. The van der Waals surface area contributed by atoms with E-state index in [1.54, 1.807) is 6.07 Å². The molecule has 0 aliphatic carbocycles. The van der Waals surface area contributed by atoms with Gasteiger partial charge < -0.3 is 0 Å². The second kappa shape index (κ2) is 4.33. The SMILES string of the molecule is CC(C)(C)C(Cl)=Nc1ccccc1Cl. The molecular weight excluding hydrogens is 217 g/mol.